The number of nitrogens with zero attached hydrogens (tertiary/aromatic N) is 4. The molecule has 140 valence electrons. The minimum Gasteiger partial charge on any atom is -0.506 e. The van der Waals surface area contributed by atoms with Gasteiger partial charge in [-0.1, -0.05) is 25.1 Å². The zero-order valence-corrected chi connectivity index (χ0v) is 15.6. The Morgan fingerprint density at radius 1 is 1.19 bits per heavy atom. The third kappa shape index (κ3) is 3.72. The molecule has 0 saturated heterocycles. The van der Waals surface area contributed by atoms with Crippen LogP contribution < -0.4 is 5.01 Å². The number of amides is 1. The molecule has 0 saturated carbocycles. The van der Waals surface area contributed by atoms with Crippen molar-refractivity contribution < 1.29 is 18.3 Å². The molecule has 1 atom stereocenters. The van der Waals surface area contributed by atoms with E-state index in [1.165, 1.54) is 24.1 Å². The number of aromatic hydroxyl groups is 1. The monoisotopic (exact) mass is 386 g/mol. The summed E-state index contributed by atoms with van der Waals surface area (Å²) >= 11 is 0. The van der Waals surface area contributed by atoms with E-state index < -0.39 is 15.9 Å². The van der Waals surface area contributed by atoms with E-state index in [1.807, 2.05) is 6.07 Å². The number of hydrogen-bond acceptors (Lipinski definition) is 7. The molecular formula is C18H18N4O4S. The van der Waals surface area contributed by atoms with Crippen molar-refractivity contribution in [2.24, 2.45) is 15.3 Å². The number of phenolic OH excluding ortho intramolecular Hbond substituents is 1. The first-order valence-corrected chi connectivity index (χ1v) is 9.89. The van der Waals surface area contributed by atoms with E-state index in [-0.39, 0.29) is 28.0 Å². The van der Waals surface area contributed by atoms with Gasteiger partial charge >= 0.3 is 0 Å². The smallest absolute Gasteiger partial charge is 0.280 e. The maximum Gasteiger partial charge on any atom is 0.280 e. The van der Waals surface area contributed by atoms with Gasteiger partial charge in [0.25, 0.3) is 5.91 Å². The summed E-state index contributed by atoms with van der Waals surface area (Å²) in [5, 5.41) is 23.4. The molecule has 9 heteroatoms. The predicted molar refractivity (Wildman–Crippen MR) is 101 cm³/mol. The van der Waals surface area contributed by atoms with Crippen molar-refractivity contribution in [3.8, 4) is 5.75 Å². The number of phenols is 1. The van der Waals surface area contributed by atoms with Crippen LogP contribution in [-0.2, 0) is 14.6 Å². The van der Waals surface area contributed by atoms with Crippen LogP contribution in [0, 0.1) is 0 Å². The fourth-order valence-corrected chi connectivity index (χ4v) is 3.41. The zero-order valence-electron chi connectivity index (χ0n) is 14.8. The van der Waals surface area contributed by atoms with Crippen molar-refractivity contribution in [2.45, 2.75) is 24.8 Å². The fraction of sp³-hybridized carbons (Fsp3) is 0.222. The Balaban J connectivity index is 1.83. The summed E-state index contributed by atoms with van der Waals surface area (Å²) in [6, 6.07) is 11.9. The summed E-state index contributed by atoms with van der Waals surface area (Å²) in [6.45, 7) is 3.19. The Kier molecular flexibility index (Phi) is 5.04. The van der Waals surface area contributed by atoms with Gasteiger partial charge in [-0.3, -0.25) is 4.79 Å². The number of anilines is 1. The minimum absolute atomic E-state index is 0.00592. The molecule has 3 rings (SSSR count). The average Bonchev–Trinajstić information content (AvgIpc) is 2.95. The largest absolute Gasteiger partial charge is 0.506 e. The van der Waals surface area contributed by atoms with Crippen LogP contribution in [0.4, 0.5) is 11.4 Å². The Bertz CT molecular complexity index is 1030. The van der Waals surface area contributed by atoms with Crippen LogP contribution in [0.15, 0.2) is 68.8 Å². The van der Waals surface area contributed by atoms with Crippen molar-refractivity contribution in [1.82, 2.24) is 0 Å². The lowest BCUT2D eigenvalue weighted by molar-refractivity contribution is -0.117. The van der Waals surface area contributed by atoms with Crippen LogP contribution in [0.1, 0.15) is 13.8 Å². The quantitative estimate of drug-likeness (QED) is 0.796. The highest BCUT2D eigenvalue weighted by Gasteiger charge is 2.34. The number of azo groups is 1. The lowest BCUT2D eigenvalue weighted by Gasteiger charge is -2.11. The summed E-state index contributed by atoms with van der Waals surface area (Å²) in [4.78, 5) is 12.6. The highest BCUT2D eigenvalue weighted by atomic mass is 32.2. The Morgan fingerprint density at radius 3 is 2.52 bits per heavy atom. The standard InChI is InChI=1S/C18H18N4O4S/c1-3-27(25,26)14-9-10-15(16(23)11-14)19-20-17-12(2)21-22(18(17)24)13-7-5-4-6-8-13/h4-11,17,23H,3H2,1-2H3. The molecule has 0 spiro atoms. The van der Waals surface area contributed by atoms with Gasteiger partial charge in [0.2, 0.25) is 0 Å². The molecule has 0 radical (unpaired) electrons. The summed E-state index contributed by atoms with van der Waals surface area (Å²) < 4.78 is 23.7. The van der Waals surface area contributed by atoms with E-state index in [0.29, 0.717) is 11.4 Å². The molecular weight excluding hydrogens is 368 g/mol. The van der Waals surface area contributed by atoms with Crippen LogP contribution in [0.5, 0.6) is 5.75 Å². The van der Waals surface area contributed by atoms with Crippen molar-refractivity contribution in [1.29, 1.82) is 0 Å². The lowest BCUT2D eigenvalue weighted by Crippen LogP contribution is -2.29. The fourth-order valence-electron chi connectivity index (χ4n) is 2.51. The molecule has 1 amide bonds. The number of carbonyl (C=O) groups is 1. The van der Waals surface area contributed by atoms with Gasteiger partial charge in [0.1, 0.15) is 11.4 Å². The maximum absolute atomic E-state index is 12.6. The molecule has 2 aromatic rings. The highest BCUT2D eigenvalue weighted by Crippen LogP contribution is 2.30. The second-order valence-electron chi connectivity index (χ2n) is 5.90. The molecule has 1 N–H and O–H groups in total. The first-order valence-electron chi connectivity index (χ1n) is 8.24. The zero-order chi connectivity index (χ0) is 19.6. The number of rotatable bonds is 5. The summed E-state index contributed by atoms with van der Waals surface area (Å²) in [6.07, 6.45) is 0. The number of hydrogen-bond donors (Lipinski definition) is 1. The van der Waals surface area contributed by atoms with Crippen LogP contribution >= 0.6 is 0 Å². The van der Waals surface area contributed by atoms with E-state index in [2.05, 4.69) is 15.3 Å². The predicted octanol–water partition coefficient (Wildman–Crippen LogP) is 3.06. The Morgan fingerprint density at radius 2 is 1.89 bits per heavy atom. The minimum atomic E-state index is -3.44. The van der Waals surface area contributed by atoms with Gasteiger partial charge in [-0.15, -0.1) is 0 Å². The third-order valence-corrected chi connectivity index (χ3v) is 5.80. The number of benzene rings is 2. The second kappa shape index (κ2) is 7.28. The molecule has 27 heavy (non-hydrogen) atoms. The van der Waals surface area contributed by atoms with Crippen molar-refractivity contribution in [2.75, 3.05) is 10.8 Å². The SMILES string of the molecule is CCS(=O)(=O)c1ccc(N=NC2C(=O)N(c3ccccc3)N=C2C)c(O)c1. The molecule has 1 unspecified atom stereocenters. The van der Waals surface area contributed by atoms with E-state index >= 15 is 0 Å². The molecule has 0 aromatic heterocycles. The number of hydrazone groups is 1. The third-order valence-electron chi connectivity index (χ3n) is 4.06. The van der Waals surface area contributed by atoms with Crippen molar-refractivity contribution in [3.63, 3.8) is 0 Å². The van der Waals surface area contributed by atoms with Crippen molar-refractivity contribution >= 4 is 32.8 Å². The maximum atomic E-state index is 12.6. The normalized spacial score (nSPS) is 17.6. The van der Waals surface area contributed by atoms with Crippen molar-refractivity contribution in [3.05, 3.63) is 48.5 Å². The summed E-state index contributed by atoms with van der Waals surface area (Å²) in [7, 11) is -3.44. The van der Waals surface area contributed by atoms with Gasteiger partial charge in [-0.25, -0.2) is 8.42 Å². The first kappa shape index (κ1) is 18.7. The van der Waals surface area contributed by atoms with E-state index in [0.717, 1.165) is 6.07 Å². The molecule has 8 nitrogen and oxygen atoms in total. The number of sulfone groups is 1. The van der Waals surface area contributed by atoms with Gasteiger partial charge in [0, 0.05) is 6.07 Å². The molecule has 0 fully saturated rings. The van der Waals surface area contributed by atoms with Crippen LogP contribution in [-0.4, -0.2) is 36.9 Å². The molecule has 1 aliphatic rings. The second-order valence-corrected chi connectivity index (χ2v) is 8.18. The van der Waals surface area contributed by atoms with Gasteiger partial charge in [0.05, 0.1) is 22.0 Å². The number of para-hydroxylation sites is 1. The Labute approximate surface area is 156 Å². The molecule has 1 aliphatic heterocycles. The Hall–Kier alpha value is -3.07. The molecule has 0 aliphatic carbocycles. The van der Waals surface area contributed by atoms with Gasteiger partial charge in [-0.2, -0.15) is 20.3 Å². The van der Waals surface area contributed by atoms with E-state index in [9.17, 15) is 18.3 Å². The van der Waals surface area contributed by atoms with Crippen LogP contribution in [0.2, 0.25) is 0 Å². The van der Waals surface area contributed by atoms with Gasteiger partial charge in [0.15, 0.2) is 15.9 Å². The molecule has 0 bridgehead atoms. The van der Waals surface area contributed by atoms with Crippen LogP contribution in [0.3, 0.4) is 0 Å². The van der Waals surface area contributed by atoms with Gasteiger partial charge in [-0.05, 0) is 31.2 Å². The topological polar surface area (TPSA) is 112 Å². The highest BCUT2D eigenvalue weighted by molar-refractivity contribution is 7.91. The van der Waals surface area contributed by atoms with Gasteiger partial charge < -0.3 is 5.11 Å². The van der Waals surface area contributed by atoms with E-state index in [1.54, 1.807) is 31.2 Å². The molecule has 1 heterocycles. The number of carbonyl (C=O) groups excluding carboxylic acids is 1. The van der Waals surface area contributed by atoms with Crippen LogP contribution in [0.25, 0.3) is 0 Å². The average molecular weight is 386 g/mol. The molecule has 2 aromatic carbocycles. The first-order chi connectivity index (χ1) is 12.8. The summed E-state index contributed by atoms with van der Waals surface area (Å²) in [5.74, 6) is -0.755. The summed E-state index contributed by atoms with van der Waals surface area (Å²) in [5.41, 5.74) is 1.16. The lowest BCUT2D eigenvalue weighted by atomic mass is 10.2. The van der Waals surface area contributed by atoms with E-state index in [4.69, 9.17) is 0 Å².